The Bertz CT molecular complexity index is 1260. The predicted molar refractivity (Wildman–Crippen MR) is 153 cm³/mol. The Morgan fingerprint density at radius 2 is 1.88 bits per heavy atom. The zero-order chi connectivity index (χ0) is 27.4. The third-order valence-corrected chi connectivity index (χ3v) is 10.2. The highest BCUT2D eigenvalue weighted by Gasteiger charge is 2.54. The van der Waals surface area contributed by atoms with E-state index in [9.17, 15) is 9.59 Å². The Hall–Kier alpha value is -3.11. The minimum absolute atomic E-state index is 0.0405. The van der Waals surface area contributed by atoms with Crippen LogP contribution in [0.25, 0.3) is 0 Å². The Kier molecular flexibility index (Phi) is 6.50. The van der Waals surface area contributed by atoms with Gasteiger partial charge in [0.15, 0.2) is 5.82 Å². The van der Waals surface area contributed by atoms with E-state index in [0.29, 0.717) is 34.2 Å². The maximum absolute atomic E-state index is 13.2. The van der Waals surface area contributed by atoms with Gasteiger partial charge >= 0.3 is 5.96 Å². The molecule has 7 aliphatic rings. The number of hydrogen-bond donors (Lipinski definition) is 2. The van der Waals surface area contributed by atoms with E-state index in [1.54, 1.807) is 7.11 Å². The number of piperidine rings is 3. The summed E-state index contributed by atoms with van der Waals surface area (Å²) in [4.78, 5) is 38.1. The van der Waals surface area contributed by atoms with Crippen LogP contribution in [0.1, 0.15) is 55.3 Å². The normalized spacial score (nSPS) is 29.3. The van der Waals surface area contributed by atoms with Gasteiger partial charge in [0.1, 0.15) is 31.1 Å². The summed E-state index contributed by atoms with van der Waals surface area (Å²) in [5.41, 5.74) is 2.46. The molecule has 1 aromatic rings. The van der Waals surface area contributed by atoms with Crippen molar-refractivity contribution in [2.45, 2.75) is 57.0 Å². The molecule has 0 unspecified atom stereocenters. The van der Waals surface area contributed by atoms with E-state index in [-0.39, 0.29) is 17.9 Å². The highest BCUT2D eigenvalue weighted by Crippen LogP contribution is 2.39. The van der Waals surface area contributed by atoms with Crippen molar-refractivity contribution in [1.82, 2.24) is 20.0 Å². The molecule has 1 atom stereocenters. The highest BCUT2D eigenvalue weighted by atomic mass is 16.5. The van der Waals surface area contributed by atoms with Gasteiger partial charge in [-0.2, -0.15) is 4.99 Å². The number of guanidine groups is 1. The molecule has 1 saturated carbocycles. The number of rotatable bonds is 5. The van der Waals surface area contributed by atoms with E-state index in [1.807, 2.05) is 30.1 Å². The van der Waals surface area contributed by atoms with E-state index in [1.165, 1.54) is 25.7 Å². The number of amides is 2. The van der Waals surface area contributed by atoms with Crippen LogP contribution < -0.4 is 15.4 Å². The quantitative estimate of drug-likeness (QED) is 0.434. The Labute approximate surface area is 236 Å². The molecule has 2 N–H and O–H groups in total. The molecule has 6 heterocycles. The molecular formula is C30H42N7O3+. The summed E-state index contributed by atoms with van der Waals surface area (Å²) < 4.78 is 6.49. The van der Waals surface area contributed by atoms with Crippen molar-refractivity contribution < 1.29 is 18.8 Å². The van der Waals surface area contributed by atoms with E-state index in [2.05, 4.69) is 20.4 Å². The van der Waals surface area contributed by atoms with Crippen LogP contribution in [-0.4, -0.2) is 109 Å². The summed E-state index contributed by atoms with van der Waals surface area (Å²) in [6.07, 6.45) is 7.64. The second-order valence-corrected chi connectivity index (χ2v) is 12.5. The van der Waals surface area contributed by atoms with Crippen LogP contribution in [0.4, 0.5) is 5.69 Å². The van der Waals surface area contributed by atoms with Gasteiger partial charge in [0.25, 0.3) is 5.91 Å². The standard InChI is InChI=1S/C30H41N7O3/c1-34-25-19-37(15-16-37)30(33-28(25)36(14-11-27(34)38)22-5-3-4-6-22)32-23-8-7-21(17-26(23)40-2)29(39)31-24-18-35-12-9-20(24)10-13-35/h7-8,17,20,22,24H,3-6,9-16,18-19H2,1-2H3,(H-,31,32,33,39)/p+1/t24-/m0/s1. The van der Waals surface area contributed by atoms with Crippen LogP contribution in [0, 0.1) is 5.92 Å². The van der Waals surface area contributed by atoms with Crippen molar-refractivity contribution in [2.24, 2.45) is 10.9 Å². The molecule has 4 saturated heterocycles. The van der Waals surface area contributed by atoms with Gasteiger partial charge in [0, 0.05) is 44.2 Å². The Morgan fingerprint density at radius 3 is 2.55 bits per heavy atom. The number of nitrogens with one attached hydrogen (secondary N) is 2. The summed E-state index contributed by atoms with van der Waals surface area (Å²) >= 11 is 0. The minimum atomic E-state index is -0.0405. The zero-order valence-electron chi connectivity index (χ0n) is 23.8. The molecule has 0 aromatic heterocycles. The fraction of sp³-hybridized carbons (Fsp3) is 0.633. The summed E-state index contributed by atoms with van der Waals surface area (Å²) in [6.45, 7) is 6.69. The lowest BCUT2D eigenvalue weighted by atomic mass is 9.84. The lowest BCUT2D eigenvalue weighted by molar-refractivity contribution is -0.696. The molecule has 2 amide bonds. The number of carbonyl (C=O) groups is 2. The predicted octanol–water partition coefficient (Wildman–Crippen LogP) is 2.41. The molecule has 10 nitrogen and oxygen atoms in total. The molecular weight excluding hydrogens is 506 g/mol. The van der Waals surface area contributed by atoms with Gasteiger partial charge in [-0.25, -0.2) is 4.48 Å². The number of benzene rings is 1. The van der Waals surface area contributed by atoms with Crippen molar-refractivity contribution in [3.05, 3.63) is 35.3 Å². The highest BCUT2D eigenvalue weighted by molar-refractivity contribution is 5.97. The number of aliphatic imine (C=N–C) groups is 1. The fourth-order valence-corrected chi connectivity index (χ4v) is 7.47. The minimum Gasteiger partial charge on any atom is -0.495 e. The number of likely N-dealkylation sites (N-methyl/N-ethyl adjacent to an activating group) is 1. The molecule has 1 aliphatic carbocycles. The number of ether oxygens (including phenoxy) is 1. The summed E-state index contributed by atoms with van der Waals surface area (Å²) in [6, 6.07) is 6.32. The lowest BCUT2D eigenvalue weighted by Gasteiger charge is -2.44. The molecule has 10 heteroatoms. The second-order valence-electron chi connectivity index (χ2n) is 12.5. The molecule has 6 aliphatic heterocycles. The molecule has 8 rings (SSSR count). The third-order valence-electron chi connectivity index (χ3n) is 10.2. The number of methoxy groups -OCH3 is 1. The molecule has 1 aromatic carbocycles. The van der Waals surface area contributed by atoms with Crippen molar-refractivity contribution in [3.63, 3.8) is 0 Å². The summed E-state index contributed by atoms with van der Waals surface area (Å²) in [7, 11) is 3.56. The van der Waals surface area contributed by atoms with E-state index in [4.69, 9.17) is 9.73 Å². The largest absolute Gasteiger partial charge is 0.495 e. The molecule has 40 heavy (non-hydrogen) atoms. The number of hydrogen-bond acceptors (Lipinski definition) is 7. The van der Waals surface area contributed by atoms with Crippen molar-refractivity contribution in [2.75, 3.05) is 65.3 Å². The average molecular weight is 549 g/mol. The van der Waals surface area contributed by atoms with Gasteiger partial charge < -0.3 is 24.8 Å². The van der Waals surface area contributed by atoms with Crippen molar-refractivity contribution in [1.29, 1.82) is 0 Å². The fourth-order valence-electron chi connectivity index (χ4n) is 7.47. The zero-order valence-corrected chi connectivity index (χ0v) is 23.8. The maximum Gasteiger partial charge on any atom is 0.309 e. The van der Waals surface area contributed by atoms with Gasteiger partial charge in [-0.05, 0) is 62.9 Å². The Morgan fingerprint density at radius 1 is 1.10 bits per heavy atom. The van der Waals surface area contributed by atoms with Crippen LogP contribution in [0.15, 0.2) is 34.7 Å². The van der Waals surface area contributed by atoms with Gasteiger partial charge in [-0.1, -0.05) is 12.8 Å². The van der Waals surface area contributed by atoms with Gasteiger partial charge in [0.2, 0.25) is 5.91 Å². The van der Waals surface area contributed by atoms with Crippen molar-refractivity contribution >= 4 is 23.5 Å². The smallest absolute Gasteiger partial charge is 0.309 e. The SMILES string of the molecule is COc1cc(C(=O)N[C@H]2CN3CCC2CC3)ccc1NC1=NC2=C(C[N+]13CC3)N(C)C(=O)CCN2C1CCCC1. The van der Waals surface area contributed by atoms with Gasteiger partial charge in [-0.15, -0.1) is 0 Å². The number of nitrogens with zero attached hydrogens (tertiary/aromatic N) is 5. The van der Waals surface area contributed by atoms with Gasteiger partial charge in [0.05, 0.1) is 12.8 Å². The first-order chi connectivity index (χ1) is 19.4. The van der Waals surface area contributed by atoms with Gasteiger partial charge in [-0.3, -0.25) is 14.9 Å². The molecule has 2 bridgehead atoms. The number of carbonyl (C=O) groups excluding carboxylic acids is 2. The van der Waals surface area contributed by atoms with E-state index in [0.717, 1.165) is 81.8 Å². The summed E-state index contributed by atoms with van der Waals surface area (Å²) in [5.74, 6) is 3.19. The first-order valence-corrected chi connectivity index (χ1v) is 15.1. The first kappa shape index (κ1) is 25.8. The van der Waals surface area contributed by atoms with Crippen LogP contribution in [0.2, 0.25) is 0 Å². The first-order valence-electron chi connectivity index (χ1n) is 15.1. The van der Waals surface area contributed by atoms with Crippen LogP contribution in [0.5, 0.6) is 5.75 Å². The number of quaternary nitrogens is 1. The van der Waals surface area contributed by atoms with Crippen LogP contribution in [-0.2, 0) is 4.79 Å². The third kappa shape index (κ3) is 4.55. The topological polar surface area (TPSA) is 89.5 Å². The molecule has 5 fully saturated rings. The molecule has 1 spiro atoms. The maximum atomic E-state index is 13.2. The number of anilines is 1. The summed E-state index contributed by atoms with van der Waals surface area (Å²) in [5, 5.41) is 6.90. The monoisotopic (exact) mass is 548 g/mol. The number of fused-ring (bicyclic) bond motifs is 3. The molecule has 0 radical (unpaired) electrons. The van der Waals surface area contributed by atoms with E-state index >= 15 is 0 Å². The average Bonchev–Trinajstić information content (AvgIpc) is 3.57. The molecule has 214 valence electrons. The second kappa shape index (κ2) is 10.1. The Balaban J connectivity index is 1.15. The van der Waals surface area contributed by atoms with Crippen LogP contribution in [0.3, 0.4) is 0 Å². The lowest BCUT2D eigenvalue weighted by Crippen LogP contribution is -2.57. The van der Waals surface area contributed by atoms with E-state index < -0.39 is 0 Å². The van der Waals surface area contributed by atoms with Crippen molar-refractivity contribution in [3.8, 4) is 5.75 Å². The van der Waals surface area contributed by atoms with Crippen LogP contribution >= 0.6 is 0 Å².